The Morgan fingerprint density at radius 2 is 2.20 bits per heavy atom. The summed E-state index contributed by atoms with van der Waals surface area (Å²) in [7, 11) is 1.82. The third-order valence-electron chi connectivity index (χ3n) is 2.72. The van der Waals surface area contributed by atoms with Crippen LogP contribution in [0.25, 0.3) is 0 Å². The number of nitrogens with zero attached hydrogens (tertiary/aromatic N) is 1. The third kappa shape index (κ3) is 1.88. The van der Waals surface area contributed by atoms with Gasteiger partial charge in [-0.25, -0.2) is 0 Å². The fourth-order valence-corrected chi connectivity index (χ4v) is 1.77. The Labute approximate surface area is 89.1 Å². The zero-order valence-corrected chi connectivity index (χ0v) is 8.73. The largest absolute Gasteiger partial charge is 0.397 e. The average Bonchev–Trinajstić information content (AvgIpc) is 2.53. The molecule has 15 heavy (non-hydrogen) atoms. The van der Waals surface area contributed by atoms with E-state index in [0.29, 0.717) is 5.69 Å². The minimum atomic E-state index is -0.125. The van der Waals surface area contributed by atoms with Gasteiger partial charge in [0, 0.05) is 13.6 Å². The molecule has 1 saturated heterocycles. The number of nitrogen functional groups attached to an aromatic ring is 1. The van der Waals surface area contributed by atoms with Crippen LogP contribution in [0.3, 0.4) is 0 Å². The van der Waals surface area contributed by atoms with Gasteiger partial charge in [-0.3, -0.25) is 4.79 Å². The summed E-state index contributed by atoms with van der Waals surface area (Å²) in [5.41, 5.74) is 7.31. The lowest BCUT2D eigenvalue weighted by molar-refractivity contribution is -0.127. The molecule has 0 aliphatic carbocycles. The molecular weight excluding hydrogens is 190 g/mol. The van der Waals surface area contributed by atoms with E-state index in [1.54, 1.807) is 4.90 Å². The maximum atomic E-state index is 11.6. The van der Waals surface area contributed by atoms with Crippen molar-refractivity contribution in [2.75, 3.05) is 24.6 Å². The second-order valence-electron chi connectivity index (χ2n) is 3.83. The monoisotopic (exact) mass is 205 g/mol. The van der Waals surface area contributed by atoms with Crippen LogP contribution in [0.2, 0.25) is 0 Å². The summed E-state index contributed by atoms with van der Waals surface area (Å²) in [6, 6.07) is 7.37. The standard InChI is InChI=1S/C11H15N3O/c1-14-7-6-10(11(14)15)13-9-5-3-2-4-8(9)12/h2-5,10,13H,6-7,12H2,1H3. The summed E-state index contributed by atoms with van der Waals surface area (Å²) < 4.78 is 0. The number of nitrogens with two attached hydrogens (primary N) is 1. The number of likely N-dealkylation sites (tertiary alicyclic amines) is 1. The van der Waals surface area contributed by atoms with Crippen LogP contribution in [0.15, 0.2) is 24.3 Å². The quantitative estimate of drug-likeness (QED) is 0.706. The molecule has 80 valence electrons. The van der Waals surface area contributed by atoms with Gasteiger partial charge in [-0.1, -0.05) is 12.1 Å². The Morgan fingerprint density at radius 1 is 1.47 bits per heavy atom. The Hall–Kier alpha value is -1.71. The van der Waals surface area contributed by atoms with Crippen LogP contribution >= 0.6 is 0 Å². The first-order valence-electron chi connectivity index (χ1n) is 5.04. The number of carbonyl (C=O) groups excluding carboxylic acids is 1. The topological polar surface area (TPSA) is 58.4 Å². The van der Waals surface area contributed by atoms with Gasteiger partial charge >= 0.3 is 0 Å². The maximum absolute atomic E-state index is 11.6. The third-order valence-corrected chi connectivity index (χ3v) is 2.72. The molecular formula is C11H15N3O. The number of anilines is 2. The maximum Gasteiger partial charge on any atom is 0.244 e. The Balaban J connectivity index is 2.10. The molecule has 0 aromatic heterocycles. The van der Waals surface area contributed by atoms with E-state index in [0.717, 1.165) is 18.7 Å². The molecule has 0 spiro atoms. The number of hydrogen-bond acceptors (Lipinski definition) is 3. The van der Waals surface area contributed by atoms with Gasteiger partial charge in [-0.15, -0.1) is 0 Å². The van der Waals surface area contributed by atoms with Crippen molar-refractivity contribution in [2.24, 2.45) is 0 Å². The lowest BCUT2D eigenvalue weighted by Gasteiger charge is -2.14. The van der Waals surface area contributed by atoms with E-state index < -0.39 is 0 Å². The van der Waals surface area contributed by atoms with Crippen molar-refractivity contribution >= 4 is 17.3 Å². The van der Waals surface area contributed by atoms with Crippen LogP contribution in [0.1, 0.15) is 6.42 Å². The predicted molar refractivity (Wildman–Crippen MR) is 60.5 cm³/mol. The lowest BCUT2D eigenvalue weighted by atomic mass is 10.2. The van der Waals surface area contributed by atoms with E-state index in [9.17, 15) is 4.79 Å². The molecule has 1 fully saturated rings. The summed E-state index contributed by atoms with van der Waals surface area (Å²) in [5, 5.41) is 3.17. The Bertz CT molecular complexity index is 378. The van der Waals surface area contributed by atoms with Gasteiger partial charge < -0.3 is 16.0 Å². The van der Waals surface area contributed by atoms with E-state index in [1.165, 1.54) is 0 Å². The van der Waals surface area contributed by atoms with Crippen LogP contribution in [-0.4, -0.2) is 30.4 Å². The van der Waals surface area contributed by atoms with Crippen molar-refractivity contribution in [3.05, 3.63) is 24.3 Å². The molecule has 1 aliphatic heterocycles. The van der Waals surface area contributed by atoms with Gasteiger partial charge in [0.15, 0.2) is 0 Å². The van der Waals surface area contributed by atoms with Crippen molar-refractivity contribution in [1.29, 1.82) is 0 Å². The molecule has 1 aliphatic rings. The van der Waals surface area contributed by atoms with E-state index in [4.69, 9.17) is 5.73 Å². The minimum absolute atomic E-state index is 0.125. The highest BCUT2D eigenvalue weighted by Crippen LogP contribution is 2.21. The second kappa shape index (κ2) is 3.81. The molecule has 0 radical (unpaired) electrons. The number of carbonyl (C=O) groups is 1. The first-order valence-corrected chi connectivity index (χ1v) is 5.04. The molecule has 1 amide bonds. The second-order valence-corrected chi connectivity index (χ2v) is 3.83. The number of para-hydroxylation sites is 2. The molecule has 1 heterocycles. The number of amides is 1. The Kier molecular flexibility index (Phi) is 2.49. The van der Waals surface area contributed by atoms with Gasteiger partial charge in [0.1, 0.15) is 6.04 Å². The lowest BCUT2D eigenvalue weighted by Crippen LogP contribution is -2.31. The normalized spacial score (nSPS) is 20.7. The van der Waals surface area contributed by atoms with Crippen LogP contribution in [0.5, 0.6) is 0 Å². The first kappa shape index (κ1) is 9.83. The summed E-state index contributed by atoms with van der Waals surface area (Å²) in [6.07, 6.45) is 0.837. The number of nitrogens with one attached hydrogen (secondary N) is 1. The van der Waals surface area contributed by atoms with Crippen LogP contribution in [0.4, 0.5) is 11.4 Å². The molecule has 1 unspecified atom stereocenters. The molecule has 4 nitrogen and oxygen atoms in total. The molecule has 0 saturated carbocycles. The van der Waals surface area contributed by atoms with Crippen LogP contribution in [0, 0.1) is 0 Å². The molecule has 1 aromatic carbocycles. The minimum Gasteiger partial charge on any atom is -0.397 e. The van der Waals surface area contributed by atoms with Crippen molar-refractivity contribution in [3.63, 3.8) is 0 Å². The molecule has 2 rings (SSSR count). The molecule has 3 N–H and O–H groups in total. The van der Waals surface area contributed by atoms with E-state index in [2.05, 4.69) is 5.32 Å². The fourth-order valence-electron chi connectivity index (χ4n) is 1.77. The van der Waals surface area contributed by atoms with Gasteiger partial charge in [0.25, 0.3) is 0 Å². The summed E-state index contributed by atoms with van der Waals surface area (Å²) in [4.78, 5) is 13.4. The number of benzene rings is 1. The smallest absolute Gasteiger partial charge is 0.244 e. The molecule has 0 bridgehead atoms. The highest BCUT2D eigenvalue weighted by Gasteiger charge is 2.28. The highest BCUT2D eigenvalue weighted by molar-refractivity contribution is 5.87. The van der Waals surface area contributed by atoms with Crippen molar-refractivity contribution in [1.82, 2.24) is 4.90 Å². The zero-order valence-electron chi connectivity index (χ0n) is 8.73. The summed E-state index contributed by atoms with van der Waals surface area (Å²) in [5.74, 6) is 0.137. The van der Waals surface area contributed by atoms with Gasteiger partial charge in [0.05, 0.1) is 11.4 Å². The first-order chi connectivity index (χ1) is 7.18. The van der Waals surface area contributed by atoms with Crippen molar-refractivity contribution in [3.8, 4) is 0 Å². The van der Waals surface area contributed by atoms with Gasteiger partial charge in [-0.2, -0.15) is 0 Å². The van der Waals surface area contributed by atoms with Gasteiger partial charge in [0.2, 0.25) is 5.91 Å². The SMILES string of the molecule is CN1CCC(Nc2ccccc2N)C1=O. The van der Waals surface area contributed by atoms with E-state index >= 15 is 0 Å². The van der Waals surface area contributed by atoms with Crippen molar-refractivity contribution < 1.29 is 4.79 Å². The molecule has 4 heteroatoms. The van der Waals surface area contributed by atoms with Crippen molar-refractivity contribution in [2.45, 2.75) is 12.5 Å². The van der Waals surface area contributed by atoms with E-state index in [-0.39, 0.29) is 11.9 Å². The summed E-state index contributed by atoms with van der Waals surface area (Å²) >= 11 is 0. The molecule has 1 atom stereocenters. The zero-order chi connectivity index (χ0) is 10.8. The average molecular weight is 205 g/mol. The Morgan fingerprint density at radius 3 is 2.80 bits per heavy atom. The molecule has 1 aromatic rings. The highest BCUT2D eigenvalue weighted by atomic mass is 16.2. The predicted octanol–water partition coefficient (Wildman–Crippen LogP) is 0.911. The number of likely N-dealkylation sites (N-methyl/N-ethyl adjacent to an activating group) is 1. The number of rotatable bonds is 2. The fraction of sp³-hybridized carbons (Fsp3) is 0.364. The number of hydrogen-bond donors (Lipinski definition) is 2. The van der Waals surface area contributed by atoms with Gasteiger partial charge in [-0.05, 0) is 18.6 Å². The van der Waals surface area contributed by atoms with Crippen LogP contribution in [-0.2, 0) is 4.79 Å². The van der Waals surface area contributed by atoms with E-state index in [1.807, 2.05) is 31.3 Å². The van der Waals surface area contributed by atoms with Crippen LogP contribution < -0.4 is 11.1 Å². The summed E-state index contributed by atoms with van der Waals surface area (Å²) in [6.45, 7) is 0.809.